The van der Waals surface area contributed by atoms with Gasteiger partial charge in [0.25, 0.3) is 0 Å². The van der Waals surface area contributed by atoms with Crippen molar-refractivity contribution in [2.75, 3.05) is 30.4 Å². The van der Waals surface area contributed by atoms with Crippen LogP contribution in [0.3, 0.4) is 0 Å². The number of hydrogen-bond acceptors (Lipinski definition) is 5. The van der Waals surface area contributed by atoms with E-state index in [4.69, 9.17) is 0 Å². The summed E-state index contributed by atoms with van der Waals surface area (Å²) in [7, 11) is 1.80. The number of rotatable bonds is 5. The van der Waals surface area contributed by atoms with E-state index in [-0.39, 0.29) is 12.1 Å². The van der Waals surface area contributed by atoms with Crippen LogP contribution in [0.25, 0.3) is 0 Å². The number of aromatic nitrogens is 4. The highest BCUT2D eigenvalue weighted by Gasteiger charge is 2.29. The molecule has 0 radical (unpaired) electrons. The average Bonchev–Trinajstić information content (AvgIpc) is 3.30. The van der Waals surface area contributed by atoms with Crippen molar-refractivity contribution >= 4 is 17.8 Å². The third-order valence-electron chi connectivity index (χ3n) is 6.27. The molecule has 1 saturated carbocycles. The topological polar surface area (TPSA) is 79.2 Å². The highest BCUT2D eigenvalue weighted by atomic mass is 16.2. The Morgan fingerprint density at radius 2 is 1.97 bits per heavy atom. The van der Waals surface area contributed by atoms with E-state index in [0.717, 1.165) is 5.69 Å². The van der Waals surface area contributed by atoms with Gasteiger partial charge >= 0.3 is 6.03 Å². The maximum absolute atomic E-state index is 12.2. The Labute approximate surface area is 172 Å². The summed E-state index contributed by atoms with van der Waals surface area (Å²) in [6, 6.07) is 2.25. The molecule has 2 amide bonds. The van der Waals surface area contributed by atoms with Gasteiger partial charge in [-0.3, -0.25) is 4.90 Å². The van der Waals surface area contributed by atoms with Crippen molar-refractivity contribution in [3.05, 3.63) is 30.5 Å². The zero-order valence-electron chi connectivity index (χ0n) is 17.8. The van der Waals surface area contributed by atoms with Crippen LogP contribution in [0.1, 0.15) is 64.2 Å². The van der Waals surface area contributed by atoms with Crippen molar-refractivity contribution in [2.24, 2.45) is 5.41 Å². The molecular weight excluding hydrogens is 366 g/mol. The normalized spacial score (nSPS) is 20.9. The number of nitrogens with one attached hydrogen (secondary N) is 1. The Bertz CT molecular complexity index is 867. The Hall–Kier alpha value is -2.64. The summed E-state index contributed by atoms with van der Waals surface area (Å²) in [4.78, 5) is 29.1. The molecule has 2 fully saturated rings. The fourth-order valence-corrected chi connectivity index (χ4v) is 4.15. The van der Waals surface area contributed by atoms with E-state index < -0.39 is 0 Å². The van der Waals surface area contributed by atoms with Gasteiger partial charge in [-0.1, -0.05) is 13.8 Å². The van der Waals surface area contributed by atoms with Crippen LogP contribution in [0.5, 0.6) is 0 Å². The fraction of sp³-hybridized carbons (Fsp3) is 0.619. The van der Waals surface area contributed by atoms with Gasteiger partial charge in [-0.15, -0.1) is 0 Å². The lowest BCUT2D eigenvalue weighted by atomic mass is 9.75. The Morgan fingerprint density at radius 1 is 1.21 bits per heavy atom. The molecule has 1 N–H and O–H groups in total. The van der Waals surface area contributed by atoms with Crippen molar-refractivity contribution in [3.63, 3.8) is 0 Å². The van der Waals surface area contributed by atoms with Crippen molar-refractivity contribution in [1.29, 1.82) is 0 Å². The number of anilines is 2. The average molecular weight is 398 g/mol. The maximum Gasteiger partial charge on any atom is 0.325 e. The van der Waals surface area contributed by atoms with Gasteiger partial charge in [-0.05, 0) is 44.1 Å². The zero-order chi connectivity index (χ0) is 20.6. The summed E-state index contributed by atoms with van der Waals surface area (Å²) >= 11 is 0. The van der Waals surface area contributed by atoms with Gasteiger partial charge < -0.3 is 14.8 Å². The van der Waals surface area contributed by atoms with E-state index in [2.05, 4.69) is 51.8 Å². The van der Waals surface area contributed by atoms with Crippen LogP contribution in [0, 0.1) is 5.41 Å². The van der Waals surface area contributed by atoms with Crippen LogP contribution in [0.2, 0.25) is 0 Å². The van der Waals surface area contributed by atoms with Gasteiger partial charge in [0.05, 0.1) is 18.1 Å². The first-order valence-corrected chi connectivity index (χ1v) is 10.5. The molecule has 0 bridgehead atoms. The largest absolute Gasteiger partial charge is 0.346 e. The summed E-state index contributed by atoms with van der Waals surface area (Å²) in [5.74, 6) is 1.13. The molecule has 2 aliphatic rings. The Morgan fingerprint density at radius 3 is 2.66 bits per heavy atom. The fourth-order valence-electron chi connectivity index (χ4n) is 4.15. The van der Waals surface area contributed by atoms with Crippen LogP contribution >= 0.6 is 0 Å². The second-order valence-corrected chi connectivity index (χ2v) is 9.10. The number of amides is 2. The second-order valence-electron chi connectivity index (χ2n) is 9.10. The molecule has 1 aliphatic heterocycles. The summed E-state index contributed by atoms with van der Waals surface area (Å²) in [5.41, 5.74) is 1.43. The Kier molecular flexibility index (Phi) is 5.19. The van der Waals surface area contributed by atoms with E-state index in [1.54, 1.807) is 29.1 Å². The third-order valence-corrected chi connectivity index (χ3v) is 6.27. The molecule has 29 heavy (non-hydrogen) atoms. The van der Waals surface area contributed by atoms with Crippen molar-refractivity contribution in [2.45, 2.75) is 58.5 Å². The van der Waals surface area contributed by atoms with Gasteiger partial charge in [0.2, 0.25) is 5.95 Å². The highest BCUT2D eigenvalue weighted by molar-refractivity contribution is 5.93. The standard InChI is InChI=1S/C21H31N7O/c1-15(17-13-27(14-23-17)16-5-8-21(2,3)9-6-16)24-19-22-10-7-18(25-19)28-12-11-26(4)20(28)29/h7,10,13-16H,5-6,8-9,11-12H2,1-4H3,(H,22,24,25). The third kappa shape index (κ3) is 4.21. The molecule has 0 aromatic carbocycles. The summed E-state index contributed by atoms with van der Waals surface area (Å²) < 4.78 is 2.26. The number of urea groups is 1. The molecule has 8 nitrogen and oxygen atoms in total. The van der Waals surface area contributed by atoms with Gasteiger partial charge in [-0.25, -0.2) is 14.8 Å². The molecule has 1 atom stereocenters. The first-order chi connectivity index (χ1) is 13.8. The lowest BCUT2D eigenvalue weighted by Crippen LogP contribution is -2.30. The molecular formula is C21H31N7O. The highest BCUT2D eigenvalue weighted by Crippen LogP contribution is 2.40. The lowest BCUT2D eigenvalue weighted by molar-refractivity contribution is 0.193. The molecule has 3 heterocycles. The van der Waals surface area contributed by atoms with Gasteiger partial charge in [-0.2, -0.15) is 4.98 Å². The number of likely N-dealkylation sites (N-methyl/N-ethyl adjacent to an activating group) is 1. The van der Waals surface area contributed by atoms with E-state index in [9.17, 15) is 4.79 Å². The summed E-state index contributed by atoms with van der Waals surface area (Å²) in [6.45, 7) is 8.12. The molecule has 0 spiro atoms. The number of carbonyl (C=O) groups excluding carboxylic acids is 1. The monoisotopic (exact) mass is 397 g/mol. The Balaban J connectivity index is 1.41. The lowest BCUT2D eigenvalue weighted by Gasteiger charge is -2.34. The zero-order valence-corrected chi connectivity index (χ0v) is 17.8. The first-order valence-electron chi connectivity index (χ1n) is 10.5. The minimum Gasteiger partial charge on any atom is -0.346 e. The maximum atomic E-state index is 12.2. The first kappa shape index (κ1) is 19.7. The van der Waals surface area contributed by atoms with E-state index in [1.165, 1.54) is 25.7 Å². The molecule has 8 heteroatoms. The summed E-state index contributed by atoms with van der Waals surface area (Å²) in [5, 5.41) is 3.33. The number of imidazole rings is 1. The quantitative estimate of drug-likeness (QED) is 0.829. The number of nitrogens with zero attached hydrogens (tertiary/aromatic N) is 6. The smallest absolute Gasteiger partial charge is 0.325 e. The van der Waals surface area contributed by atoms with Gasteiger partial charge in [0.15, 0.2) is 0 Å². The van der Waals surface area contributed by atoms with Crippen LogP contribution < -0.4 is 10.2 Å². The molecule has 4 rings (SSSR count). The number of hydrogen-bond donors (Lipinski definition) is 1. The van der Waals surface area contributed by atoms with Gasteiger partial charge in [0.1, 0.15) is 5.82 Å². The molecule has 1 saturated heterocycles. The predicted molar refractivity (Wildman–Crippen MR) is 113 cm³/mol. The minimum absolute atomic E-state index is 0.0246. The van der Waals surface area contributed by atoms with E-state index >= 15 is 0 Å². The van der Waals surface area contributed by atoms with Crippen LogP contribution in [0.15, 0.2) is 24.8 Å². The van der Waals surface area contributed by atoms with Gasteiger partial charge in [0, 0.05) is 38.6 Å². The molecule has 1 aliphatic carbocycles. The van der Waals surface area contributed by atoms with Crippen molar-refractivity contribution in [1.82, 2.24) is 24.4 Å². The predicted octanol–water partition coefficient (Wildman–Crippen LogP) is 3.86. The summed E-state index contributed by atoms with van der Waals surface area (Å²) in [6.07, 6.45) is 10.7. The van der Waals surface area contributed by atoms with Crippen LogP contribution in [-0.2, 0) is 0 Å². The molecule has 2 aromatic rings. The second kappa shape index (κ2) is 7.65. The molecule has 156 valence electrons. The molecule has 2 aromatic heterocycles. The minimum atomic E-state index is -0.0305. The molecule has 1 unspecified atom stereocenters. The van der Waals surface area contributed by atoms with Crippen LogP contribution in [-0.4, -0.2) is 50.6 Å². The SMILES string of the molecule is CC(Nc1nccc(N2CCN(C)C2=O)n1)c1cn(C2CCC(C)(C)CC2)cn1. The van der Waals surface area contributed by atoms with Crippen molar-refractivity contribution < 1.29 is 4.79 Å². The van der Waals surface area contributed by atoms with Crippen molar-refractivity contribution in [3.8, 4) is 0 Å². The van der Waals surface area contributed by atoms with Crippen LogP contribution in [0.4, 0.5) is 16.6 Å². The number of carbonyl (C=O) groups is 1. The van der Waals surface area contributed by atoms with E-state index in [1.807, 2.05) is 6.33 Å². The van der Waals surface area contributed by atoms with E-state index in [0.29, 0.717) is 36.3 Å².